The Morgan fingerprint density at radius 2 is 1.35 bits per heavy atom. The van der Waals surface area contributed by atoms with Gasteiger partial charge in [0.05, 0.1) is 6.04 Å². The van der Waals surface area contributed by atoms with E-state index in [9.17, 15) is 19.5 Å². The molecule has 0 radical (unpaired) electrons. The van der Waals surface area contributed by atoms with Crippen LogP contribution in [-0.4, -0.2) is 41.0 Å². The molecule has 0 heterocycles. The van der Waals surface area contributed by atoms with Crippen LogP contribution >= 0.6 is 0 Å². The van der Waals surface area contributed by atoms with E-state index in [1.54, 1.807) is 13.8 Å². The first kappa shape index (κ1) is 27.1. The average Bonchev–Trinajstić information content (AvgIpc) is 2.80. The molecule has 2 aromatic carbocycles. The normalized spacial score (nSPS) is 13.8. The van der Waals surface area contributed by atoms with Crippen LogP contribution in [0, 0.1) is 11.8 Å². The summed E-state index contributed by atoms with van der Waals surface area (Å²) in [5.74, 6) is -1.71. The molecule has 184 valence electrons. The van der Waals surface area contributed by atoms with Gasteiger partial charge < -0.3 is 15.7 Å². The molecule has 7 nitrogen and oxygen atoms in total. The molecule has 4 N–H and O–H groups in total. The van der Waals surface area contributed by atoms with Crippen LogP contribution < -0.4 is 16.0 Å². The third-order valence-electron chi connectivity index (χ3n) is 5.56. The monoisotopic (exact) mass is 467 g/mol. The van der Waals surface area contributed by atoms with Gasteiger partial charge in [-0.05, 0) is 29.4 Å². The molecular formula is C27H37N3O4. The molecule has 0 aliphatic heterocycles. The van der Waals surface area contributed by atoms with Crippen LogP contribution in [0.3, 0.4) is 0 Å². The van der Waals surface area contributed by atoms with Crippen LogP contribution in [0.2, 0.25) is 0 Å². The van der Waals surface area contributed by atoms with Crippen LogP contribution in [-0.2, 0) is 27.3 Å². The molecule has 2 rings (SSSR count). The molecule has 2 aromatic rings. The Kier molecular flexibility index (Phi) is 10.7. The maximum atomic E-state index is 13.3. The lowest BCUT2D eigenvalue weighted by Gasteiger charge is -2.28. The summed E-state index contributed by atoms with van der Waals surface area (Å²) in [7, 11) is 0. The van der Waals surface area contributed by atoms with Crippen LogP contribution in [0.5, 0.6) is 0 Å². The number of carbonyl (C=O) groups is 3. The van der Waals surface area contributed by atoms with Crippen molar-refractivity contribution in [2.24, 2.45) is 11.8 Å². The average molecular weight is 468 g/mol. The minimum absolute atomic E-state index is 0.157. The van der Waals surface area contributed by atoms with E-state index in [0.717, 1.165) is 11.1 Å². The molecule has 7 heteroatoms. The van der Waals surface area contributed by atoms with Gasteiger partial charge in [0.25, 0.3) is 0 Å². The van der Waals surface area contributed by atoms with E-state index in [4.69, 9.17) is 0 Å². The number of carbonyl (C=O) groups excluding carboxylic acids is 2. The van der Waals surface area contributed by atoms with Crippen LogP contribution in [0.4, 0.5) is 0 Å². The van der Waals surface area contributed by atoms with Gasteiger partial charge in [0.1, 0.15) is 12.1 Å². The highest BCUT2D eigenvalue weighted by Gasteiger charge is 2.31. The summed E-state index contributed by atoms with van der Waals surface area (Å²) in [4.78, 5) is 38.1. The maximum Gasteiger partial charge on any atom is 0.320 e. The molecule has 0 fully saturated rings. The number of hydrogen-bond donors (Lipinski definition) is 4. The quantitative estimate of drug-likeness (QED) is 0.362. The summed E-state index contributed by atoms with van der Waals surface area (Å²) >= 11 is 0. The van der Waals surface area contributed by atoms with E-state index in [2.05, 4.69) is 16.0 Å². The largest absolute Gasteiger partial charge is 0.480 e. The van der Waals surface area contributed by atoms with Crippen molar-refractivity contribution in [3.8, 4) is 0 Å². The van der Waals surface area contributed by atoms with Crippen molar-refractivity contribution in [3.63, 3.8) is 0 Å². The van der Waals surface area contributed by atoms with Crippen LogP contribution in [0.1, 0.15) is 45.2 Å². The van der Waals surface area contributed by atoms with E-state index in [1.807, 2.05) is 74.5 Å². The van der Waals surface area contributed by atoms with Crippen LogP contribution in [0.15, 0.2) is 60.7 Å². The zero-order valence-corrected chi connectivity index (χ0v) is 20.5. The standard InChI is InChI=1S/C27H37N3O4/c1-18(2)15-22(29-24(19(3)4)27(33)34)26(32)30-23(16-20-11-7-5-8-12-20)25(31)28-17-21-13-9-6-10-14-21/h5-14,18-19,22-24,29H,15-17H2,1-4H3,(H,28,31)(H,30,32)(H,33,34)/t22-,23-,24+/m0/s1. The van der Waals surface area contributed by atoms with Gasteiger partial charge in [-0.1, -0.05) is 88.4 Å². The Morgan fingerprint density at radius 1 is 0.794 bits per heavy atom. The fourth-order valence-corrected chi connectivity index (χ4v) is 3.73. The molecule has 0 saturated heterocycles. The first-order chi connectivity index (χ1) is 16.2. The Morgan fingerprint density at radius 3 is 1.85 bits per heavy atom. The van der Waals surface area contributed by atoms with E-state index < -0.39 is 24.1 Å². The number of carboxylic acid groups (broad SMARTS) is 1. The minimum atomic E-state index is -1.00. The molecule has 0 spiro atoms. The minimum Gasteiger partial charge on any atom is -0.480 e. The molecule has 0 saturated carbocycles. The SMILES string of the molecule is CC(C)C[C@H](N[C@@H](C(=O)O)C(C)C)C(=O)N[C@@H](Cc1ccccc1)C(=O)NCc1ccccc1. The number of nitrogens with one attached hydrogen (secondary N) is 3. The molecule has 34 heavy (non-hydrogen) atoms. The number of aliphatic carboxylic acids is 1. The smallest absolute Gasteiger partial charge is 0.320 e. The summed E-state index contributed by atoms with van der Waals surface area (Å²) in [6.07, 6.45) is 0.778. The number of hydrogen-bond acceptors (Lipinski definition) is 4. The van der Waals surface area contributed by atoms with Gasteiger partial charge in [0, 0.05) is 13.0 Å². The zero-order chi connectivity index (χ0) is 25.1. The summed E-state index contributed by atoms with van der Waals surface area (Å²) in [5.41, 5.74) is 1.88. The van der Waals surface area contributed by atoms with Gasteiger partial charge in [-0.3, -0.25) is 19.7 Å². The fourth-order valence-electron chi connectivity index (χ4n) is 3.73. The highest BCUT2D eigenvalue weighted by molar-refractivity contribution is 5.90. The second-order valence-corrected chi connectivity index (χ2v) is 9.36. The van der Waals surface area contributed by atoms with Gasteiger partial charge in [-0.15, -0.1) is 0 Å². The number of benzene rings is 2. The van der Waals surface area contributed by atoms with Gasteiger partial charge in [0.2, 0.25) is 11.8 Å². The van der Waals surface area contributed by atoms with E-state index in [0.29, 0.717) is 19.4 Å². The van der Waals surface area contributed by atoms with Gasteiger partial charge in [-0.2, -0.15) is 0 Å². The van der Waals surface area contributed by atoms with Crippen molar-refractivity contribution in [2.75, 3.05) is 0 Å². The molecule has 0 aliphatic carbocycles. The van der Waals surface area contributed by atoms with Gasteiger partial charge >= 0.3 is 5.97 Å². The zero-order valence-electron chi connectivity index (χ0n) is 20.5. The summed E-state index contributed by atoms with van der Waals surface area (Å²) in [5, 5.41) is 18.4. The van der Waals surface area contributed by atoms with Gasteiger partial charge in [-0.25, -0.2) is 0 Å². The molecule has 0 unspecified atom stereocenters. The van der Waals surface area contributed by atoms with Gasteiger partial charge in [0.15, 0.2) is 0 Å². The van der Waals surface area contributed by atoms with E-state index >= 15 is 0 Å². The lowest BCUT2D eigenvalue weighted by Crippen LogP contribution is -2.57. The van der Waals surface area contributed by atoms with Crippen molar-refractivity contribution in [1.82, 2.24) is 16.0 Å². The number of amides is 2. The van der Waals surface area contributed by atoms with Crippen molar-refractivity contribution in [2.45, 2.75) is 65.2 Å². The Balaban J connectivity index is 2.18. The van der Waals surface area contributed by atoms with Crippen LogP contribution in [0.25, 0.3) is 0 Å². The third kappa shape index (κ3) is 8.98. The number of rotatable bonds is 13. The second kappa shape index (κ2) is 13.5. The third-order valence-corrected chi connectivity index (χ3v) is 5.56. The Bertz CT molecular complexity index is 916. The van der Waals surface area contributed by atoms with Crippen molar-refractivity contribution in [1.29, 1.82) is 0 Å². The molecule has 2 amide bonds. The Labute approximate surface area is 202 Å². The van der Waals surface area contributed by atoms with Crippen molar-refractivity contribution in [3.05, 3.63) is 71.8 Å². The van der Waals surface area contributed by atoms with Crippen molar-refractivity contribution >= 4 is 17.8 Å². The Hall–Kier alpha value is -3.19. The predicted molar refractivity (Wildman–Crippen MR) is 133 cm³/mol. The molecule has 0 aromatic heterocycles. The predicted octanol–water partition coefficient (Wildman–Crippen LogP) is 3.14. The molecule has 3 atom stereocenters. The van der Waals surface area contributed by atoms with E-state index in [1.165, 1.54) is 0 Å². The van der Waals surface area contributed by atoms with Crippen molar-refractivity contribution < 1.29 is 19.5 Å². The second-order valence-electron chi connectivity index (χ2n) is 9.36. The highest BCUT2D eigenvalue weighted by atomic mass is 16.4. The molecule has 0 aliphatic rings. The highest BCUT2D eigenvalue weighted by Crippen LogP contribution is 2.11. The molecule has 0 bridgehead atoms. The van der Waals surface area contributed by atoms with E-state index in [-0.39, 0.29) is 23.7 Å². The summed E-state index contributed by atoms with van der Waals surface area (Å²) in [6.45, 7) is 7.89. The first-order valence-electron chi connectivity index (χ1n) is 11.8. The molecular weight excluding hydrogens is 430 g/mol. The topological polar surface area (TPSA) is 108 Å². The summed E-state index contributed by atoms with van der Waals surface area (Å²) < 4.78 is 0. The lowest BCUT2D eigenvalue weighted by atomic mass is 9.97. The maximum absolute atomic E-state index is 13.3. The summed E-state index contributed by atoms with van der Waals surface area (Å²) in [6, 6.07) is 16.7. The first-order valence-corrected chi connectivity index (χ1v) is 11.8. The lowest BCUT2D eigenvalue weighted by molar-refractivity contribution is -0.141. The fraction of sp³-hybridized carbons (Fsp3) is 0.444. The number of carboxylic acids is 1.